The maximum Gasteiger partial charge on any atom is 0.325 e. The standard InChI is InChI=1S/C10H10N4O3S/c15-9(13-10-11-5-6-18-10)12-7-1-3-8(4-2-7)14(16)17/h1-4H,5-6H2,(H2,11,12,13,15). The van der Waals surface area contributed by atoms with Crippen molar-refractivity contribution < 1.29 is 9.72 Å². The summed E-state index contributed by atoms with van der Waals surface area (Å²) in [6.07, 6.45) is 0. The van der Waals surface area contributed by atoms with E-state index < -0.39 is 11.0 Å². The summed E-state index contributed by atoms with van der Waals surface area (Å²) in [6, 6.07) is 5.20. The van der Waals surface area contributed by atoms with Crippen molar-refractivity contribution in [2.45, 2.75) is 0 Å². The Hall–Kier alpha value is -2.09. The molecular formula is C10H10N4O3S. The maximum atomic E-state index is 11.5. The summed E-state index contributed by atoms with van der Waals surface area (Å²) in [5.41, 5.74) is 0.471. The van der Waals surface area contributed by atoms with E-state index >= 15 is 0 Å². The highest BCUT2D eigenvalue weighted by atomic mass is 32.2. The van der Waals surface area contributed by atoms with Gasteiger partial charge in [0.2, 0.25) is 0 Å². The third-order valence-electron chi connectivity index (χ3n) is 2.14. The minimum atomic E-state index is -0.492. The zero-order chi connectivity index (χ0) is 13.0. The number of thioether (sulfide) groups is 1. The van der Waals surface area contributed by atoms with E-state index in [1.165, 1.54) is 36.0 Å². The van der Waals surface area contributed by atoms with Crippen LogP contribution < -0.4 is 10.6 Å². The van der Waals surface area contributed by atoms with Crippen molar-refractivity contribution in [2.24, 2.45) is 4.99 Å². The molecule has 8 heteroatoms. The largest absolute Gasteiger partial charge is 0.325 e. The van der Waals surface area contributed by atoms with Gasteiger partial charge in [-0.05, 0) is 12.1 Å². The fraction of sp³-hybridized carbons (Fsp3) is 0.200. The lowest BCUT2D eigenvalue weighted by molar-refractivity contribution is -0.384. The third kappa shape index (κ3) is 3.20. The van der Waals surface area contributed by atoms with Crippen LogP contribution in [-0.2, 0) is 0 Å². The Morgan fingerprint density at radius 3 is 2.61 bits per heavy atom. The van der Waals surface area contributed by atoms with Gasteiger partial charge in [0.25, 0.3) is 5.69 Å². The lowest BCUT2D eigenvalue weighted by Crippen LogP contribution is -2.31. The number of urea groups is 1. The zero-order valence-electron chi connectivity index (χ0n) is 9.25. The number of benzene rings is 1. The van der Waals surface area contributed by atoms with Gasteiger partial charge in [-0.15, -0.1) is 0 Å². The highest BCUT2D eigenvalue weighted by Gasteiger charge is 2.11. The minimum absolute atomic E-state index is 0.0170. The molecule has 1 aliphatic rings. The molecule has 0 aliphatic carbocycles. The number of amides is 2. The van der Waals surface area contributed by atoms with Gasteiger partial charge >= 0.3 is 6.03 Å². The molecule has 1 aromatic carbocycles. The van der Waals surface area contributed by atoms with Gasteiger partial charge in [0.15, 0.2) is 5.17 Å². The Kier molecular flexibility index (Phi) is 3.78. The van der Waals surface area contributed by atoms with Crippen molar-refractivity contribution in [2.75, 3.05) is 17.6 Å². The summed E-state index contributed by atoms with van der Waals surface area (Å²) in [4.78, 5) is 25.6. The van der Waals surface area contributed by atoms with Gasteiger partial charge in [-0.1, -0.05) is 11.8 Å². The molecule has 7 nitrogen and oxygen atoms in total. The number of aliphatic imine (C=N–C) groups is 1. The molecule has 18 heavy (non-hydrogen) atoms. The molecule has 2 rings (SSSR count). The van der Waals surface area contributed by atoms with Crippen molar-refractivity contribution in [3.8, 4) is 0 Å². The van der Waals surface area contributed by atoms with Gasteiger partial charge in [0.1, 0.15) is 0 Å². The first-order chi connectivity index (χ1) is 8.65. The zero-order valence-corrected chi connectivity index (χ0v) is 10.1. The van der Waals surface area contributed by atoms with E-state index in [0.29, 0.717) is 17.4 Å². The number of nitrogens with zero attached hydrogens (tertiary/aromatic N) is 2. The molecule has 94 valence electrons. The van der Waals surface area contributed by atoms with Gasteiger partial charge in [0, 0.05) is 23.6 Å². The number of hydrogen-bond acceptors (Lipinski definition) is 5. The molecule has 2 amide bonds. The summed E-state index contributed by atoms with van der Waals surface area (Å²) in [5.74, 6) is 0.868. The highest BCUT2D eigenvalue weighted by molar-refractivity contribution is 8.14. The average molecular weight is 266 g/mol. The number of nitro benzene ring substituents is 1. The quantitative estimate of drug-likeness (QED) is 0.630. The molecule has 1 aliphatic heterocycles. The summed E-state index contributed by atoms with van der Waals surface area (Å²) in [5, 5.41) is 16.2. The number of non-ortho nitro benzene ring substituents is 1. The molecule has 0 saturated carbocycles. The van der Waals surface area contributed by atoms with E-state index in [1.807, 2.05) is 0 Å². The Bertz CT molecular complexity index is 500. The van der Waals surface area contributed by atoms with Crippen molar-refractivity contribution in [1.82, 2.24) is 5.32 Å². The monoisotopic (exact) mass is 266 g/mol. The second-order valence-corrected chi connectivity index (χ2v) is 4.50. The average Bonchev–Trinajstić information content (AvgIpc) is 2.82. The molecular weight excluding hydrogens is 256 g/mol. The maximum absolute atomic E-state index is 11.5. The number of nitrogens with one attached hydrogen (secondary N) is 2. The molecule has 0 aromatic heterocycles. The summed E-state index contributed by atoms with van der Waals surface area (Å²) in [6.45, 7) is 0.706. The van der Waals surface area contributed by atoms with Crippen LogP contribution in [0.5, 0.6) is 0 Å². The fourth-order valence-electron chi connectivity index (χ4n) is 1.34. The van der Waals surface area contributed by atoms with E-state index in [0.717, 1.165) is 5.75 Å². The lowest BCUT2D eigenvalue weighted by atomic mass is 10.3. The number of anilines is 1. The van der Waals surface area contributed by atoms with E-state index in [-0.39, 0.29) is 5.69 Å². The topological polar surface area (TPSA) is 96.6 Å². The molecule has 0 fully saturated rings. The van der Waals surface area contributed by atoms with Crippen LogP contribution in [0, 0.1) is 10.1 Å². The predicted molar refractivity (Wildman–Crippen MR) is 70.0 cm³/mol. The second-order valence-electron chi connectivity index (χ2n) is 3.42. The minimum Gasteiger partial charge on any atom is -0.308 e. The number of carbonyl (C=O) groups is 1. The molecule has 0 bridgehead atoms. The van der Waals surface area contributed by atoms with Gasteiger partial charge in [-0.3, -0.25) is 20.4 Å². The Labute approximate surface area is 107 Å². The number of amidine groups is 1. The fourth-order valence-corrected chi connectivity index (χ4v) is 2.06. The Morgan fingerprint density at radius 1 is 1.33 bits per heavy atom. The van der Waals surface area contributed by atoms with Crippen LogP contribution in [0.15, 0.2) is 29.3 Å². The van der Waals surface area contributed by atoms with E-state index in [4.69, 9.17) is 0 Å². The van der Waals surface area contributed by atoms with Crippen molar-refractivity contribution in [3.63, 3.8) is 0 Å². The van der Waals surface area contributed by atoms with E-state index in [1.54, 1.807) is 0 Å². The first kappa shape index (κ1) is 12.4. The number of rotatable bonds is 2. The molecule has 0 saturated heterocycles. The number of nitro groups is 1. The smallest absolute Gasteiger partial charge is 0.308 e. The van der Waals surface area contributed by atoms with Crippen molar-refractivity contribution in [3.05, 3.63) is 34.4 Å². The molecule has 0 atom stereocenters. The predicted octanol–water partition coefficient (Wildman–Crippen LogP) is 1.82. The Balaban J connectivity index is 1.92. The van der Waals surface area contributed by atoms with Crippen LogP contribution in [0.3, 0.4) is 0 Å². The first-order valence-electron chi connectivity index (χ1n) is 5.15. The molecule has 0 unspecified atom stereocenters. The van der Waals surface area contributed by atoms with Gasteiger partial charge in [-0.2, -0.15) is 0 Å². The summed E-state index contributed by atoms with van der Waals surface area (Å²) < 4.78 is 0. The second kappa shape index (κ2) is 5.50. The number of carbonyl (C=O) groups excluding carboxylic acids is 1. The molecule has 0 radical (unpaired) electrons. The van der Waals surface area contributed by atoms with Crippen LogP contribution in [0.2, 0.25) is 0 Å². The van der Waals surface area contributed by atoms with E-state index in [2.05, 4.69) is 15.6 Å². The van der Waals surface area contributed by atoms with Crippen LogP contribution in [0.4, 0.5) is 16.2 Å². The van der Waals surface area contributed by atoms with Crippen LogP contribution in [0.1, 0.15) is 0 Å². The molecule has 1 aromatic rings. The van der Waals surface area contributed by atoms with Gasteiger partial charge in [-0.25, -0.2) is 4.79 Å². The van der Waals surface area contributed by atoms with Gasteiger partial charge < -0.3 is 5.32 Å². The third-order valence-corrected chi connectivity index (χ3v) is 3.03. The highest BCUT2D eigenvalue weighted by Crippen LogP contribution is 2.15. The van der Waals surface area contributed by atoms with Crippen molar-refractivity contribution in [1.29, 1.82) is 0 Å². The molecule has 2 N–H and O–H groups in total. The molecule has 0 spiro atoms. The van der Waals surface area contributed by atoms with Crippen LogP contribution >= 0.6 is 11.8 Å². The number of hydrogen-bond donors (Lipinski definition) is 2. The lowest BCUT2D eigenvalue weighted by Gasteiger charge is -2.06. The van der Waals surface area contributed by atoms with Crippen LogP contribution in [-0.4, -0.2) is 28.4 Å². The normalized spacial score (nSPS) is 13.9. The first-order valence-corrected chi connectivity index (χ1v) is 6.13. The summed E-state index contributed by atoms with van der Waals surface area (Å²) >= 11 is 1.48. The van der Waals surface area contributed by atoms with Crippen molar-refractivity contribution >= 4 is 34.3 Å². The Morgan fingerprint density at radius 2 is 2.06 bits per heavy atom. The van der Waals surface area contributed by atoms with E-state index in [9.17, 15) is 14.9 Å². The SMILES string of the molecule is O=C(NC1=NCCS1)Nc1ccc([N+](=O)[O-])cc1. The molecule has 1 heterocycles. The van der Waals surface area contributed by atoms with Crippen LogP contribution in [0.25, 0.3) is 0 Å². The van der Waals surface area contributed by atoms with Gasteiger partial charge in [0.05, 0.1) is 11.5 Å². The summed E-state index contributed by atoms with van der Waals surface area (Å²) in [7, 11) is 0.